The Balaban J connectivity index is 2.72. The number of nitrogens with one attached hydrogen (secondary N) is 1. The lowest BCUT2D eigenvalue weighted by atomic mass is 10.3. The minimum Gasteiger partial charge on any atom is -0.478 e. The molecule has 0 bridgehead atoms. The van der Waals surface area contributed by atoms with E-state index >= 15 is 0 Å². The van der Waals surface area contributed by atoms with Crippen molar-refractivity contribution < 1.29 is 13.5 Å². The molecule has 0 saturated carbocycles. The number of rotatable bonds is 3. The molecule has 12 heavy (non-hydrogen) atoms. The van der Waals surface area contributed by atoms with E-state index in [9.17, 15) is 8.78 Å². The Hall–Kier alpha value is -1.16. The third-order valence-electron chi connectivity index (χ3n) is 1.22. The maximum Gasteiger partial charge on any atom is 0.139 e. The second-order valence-electron chi connectivity index (χ2n) is 2.25. The summed E-state index contributed by atoms with van der Waals surface area (Å²) in [7, 11) is 1.68. The largest absolute Gasteiger partial charge is 0.478 e. The first kappa shape index (κ1) is 8.93. The van der Waals surface area contributed by atoms with Crippen LogP contribution in [0.2, 0.25) is 0 Å². The van der Waals surface area contributed by atoms with E-state index in [0.717, 1.165) is 18.2 Å². The smallest absolute Gasteiger partial charge is 0.139 e. The van der Waals surface area contributed by atoms with E-state index in [4.69, 9.17) is 4.74 Å². The minimum atomic E-state index is -0.638. The average Bonchev–Trinajstić information content (AvgIpc) is 1.99. The first-order valence-electron chi connectivity index (χ1n) is 3.46. The highest BCUT2D eigenvalue weighted by atomic mass is 19.1. The molecule has 0 unspecified atom stereocenters. The molecule has 0 aliphatic rings. The Kier molecular flexibility index (Phi) is 2.99. The monoisotopic (exact) mass is 173 g/mol. The molecule has 1 N–H and O–H groups in total. The molecule has 0 amide bonds. The van der Waals surface area contributed by atoms with E-state index in [-0.39, 0.29) is 12.5 Å². The van der Waals surface area contributed by atoms with Gasteiger partial charge in [-0.25, -0.2) is 8.78 Å². The van der Waals surface area contributed by atoms with Crippen LogP contribution in [0.25, 0.3) is 0 Å². The zero-order valence-corrected chi connectivity index (χ0v) is 6.60. The number of hydrogen-bond donors (Lipinski definition) is 1. The van der Waals surface area contributed by atoms with Crippen molar-refractivity contribution in [1.82, 2.24) is 5.32 Å². The van der Waals surface area contributed by atoms with Gasteiger partial charge in [0.1, 0.15) is 24.1 Å². The van der Waals surface area contributed by atoms with Gasteiger partial charge in [0, 0.05) is 18.2 Å². The predicted octanol–water partition coefficient (Wildman–Crippen LogP) is 1.52. The van der Waals surface area contributed by atoms with Gasteiger partial charge >= 0.3 is 0 Å². The zero-order chi connectivity index (χ0) is 8.97. The summed E-state index contributed by atoms with van der Waals surface area (Å²) in [5, 5.41) is 2.69. The number of halogens is 2. The topological polar surface area (TPSA) is 21.3 Å². The van der Waals surface area contributed by atoms with E-state index in [1.54, 1.807) is 7.05 Å². The lowest BCUT2D eigenvalue weighted by molar-refractivity contribution is 0.293. The van der Waals surface area contributed by atoms with Crippen LogP contribution in [0.1, 0.15) is 0 Å². The van der Waals surface area contributed by atoms with Crippen molar-refractivity contribution in [3.63, 3.8) is 0 Å². The maximum absolute atomic E-state index is 12.5. The highest BCUT2D eigenvalue weighted by Gasteiger charge is 1.99. The summed E-state index contributed by atoms with van der Waals surface area (Å²) in [6.45, 7) is 0.225. The molecule has 0 spiro atoms. The maximum atomic E-state index is 12.5. The Labute approximate surface area is 69.2 Å². The molecule has 0 aliphatic heterocycles. The molecule has 2 nitrogen and oxygen atoms in total. The van der Waals surface area contributed by atoms with Crippen molar-refractivity contribution in [3.05, 3.63) is 29.8 Å². The summed E-state index contributed by atoms with van der Waals surface area (Å²) in [6, 6.07) is 3.05. The number of benzene rings is 1. The molecule has 0 fully saturated rings. The fourth-order valence-electron chi connectivity index (χ4n) is 0.767. The average molecular weight is 173 g/mol. The van der Waals surface area contributed by atoms with E-state index in [1.807, 2.05) is 0 Å². The standard InChI is InChI=1S/C8H9F2NO/c1-11-5-12-8-3-6(9)2-7(10)4-8/h2-4,11H,5H2,1H3. The van der Waals surface area contributed by atoms with Crippen molar-refractivity contribution in [2.24, 2.45) is 0 Å². The Bertz CT molecular complexity index is 245. The third kappa shape index (κ3) is 2.47. The molecular formula is C8H9F2NO. The Morgan fingerprint density at radius 3 is 2.33 bits per heavy atom. The van der Waals surface area contributed by atoms with Crippen LogP contribution in [0.3, 0.4) is 0 Å². The molecule has 66 valence electrons. The normalized spacial score (nSPS) is 9.92. The van der Waals surface area contributed by atoms with Crippen LogP contribution in [-0.4, -0.2) is 13.8 Å². The summed E-state index contributed by atoms with van der Waals surface area (Å²) in [5.41, 5.74) is 0. The fourth-order valence-corrected chi connectivity index (χ4v) is 0.767. The van der Waals surface area contributed by atoms with E-state index in [2.05, 4.69) is 5.32 Å². The SMILES string of the molecule is CNCOc1cc(F)cc(F)c1. The quantitative estimate of drug-likeness (QED) is 0.700. The molecular weight excluding hydrogens is 164 g/mol. The van der Waals surface area contributed by atoms with Gasteiger partial charge in [-0.1, -0.05) is 0 Å². The number of hydrogen-bond acceptors (Lipinski definition) is 2. The molecule has 4 heteroatoms. The predicted molar refractivity (Wildman–Crippen MR) is 40.9 cm³/mol. The molecule has 0 saturated heterocycles. The van der Waals surface area contributed by atoms with Crippen molar-refractivity contribution in [2.75, 3.05) is 13.8 Å². The van der Waals surface area contributed by atoms with E-state index < -0.39 is 11.6 Å². The van der Waals surface area contributed by atoms with Gasteiger partial charge in [-0.05, 0) is 7.05 Å². The summed E-state index contributed by atoms with van der Waals surface area (Å²) < 4.78 is 30.0. The summed E-state index contributed by atoms with van der Waals surface area (Å²) in [5.74, 6) is -1.09. The van der Waals surface area contributed by atoms with E-state index in [0.29, 0.717) is 0 Å². The van der Waals surface area contributed by atoms with Crippen molar-refractivity contribution in [3.8, 4) is 5.75 Å². The van der Waals surface area contributed by atoms with Gasteiger partial charge < -0.3 is 4.74 Å². The van der Waals surface area contributed by atoms with Crippen molar-refractivity contribution in [1.29, 1.82) is 0 Å². The molecule has 1 aromatic carbocycles. The zero-order valence-electron chi connectivity index (χ0n) is 6.60. The first-order chi connectivity index (χ1) is 5.72. The van der Waals surface area contributed by atoms with Crippen LogP contribution in [0, 0.1) is 11.6 Å². The molecule has 0 radical (unpaired) electrons. The summed E-state index contributed by atoms with van der Waals surface area (Å²) in [4.78, 5) is 0. The second kappa shape index (κ2) is 4.01. The second-order valence-corrected chi connectivity index (χ2v) is 2.25. The Morgan fingerprint density at radius 1 is 1.25 bits per heavy atom. The molecule has 0 aliphatic carbocycles. The molecule has 1 rings (SSSR count). The fraction of sp³-hybridized carbons (Fsp3) is 0.250. The summed E-state index contributed by atoms with van der Waals surface area (Å²) >= 11 is 0. The third-order valence-corrected chi connectivity index (χ3v) is 1.22. The van der Waals surface area contributed by atoms with Crippen LogP contribution in [0.4, 0.5) is 8.78 Å². The molecule has 0 atom stereocenters. The molecule has 0 aromatic heterocycles. The molecule has 1 aromatic rings. The lowest BCUT2D eigenvalue weighted by Crippen LogP contribution is -2.14. The van der Waals surface area contributed by atoms with Gasteiger partial charge in [0.25, 0.3) is 0 Å². The minimum absolute atomic E-state index is 0.182. The van der Waals surface area contributed by atoms with Gasteiger partial charge in [-0.15, -0.1) is 0 Å². The van der Waals surface area contributed by atoms with Crippen LogP contribution < -0.4 is 10.1 Å². The van der Waals surface area contributed by atoms with E-state index in [1.165, 1.54) is 0 Å². The first-order valence-corrected chi connectivity index (χ1v) is 3.46. The van der Waals surface area contributed by atoms with Crippen molar-refractivity contribution in [2.45, 2.75) is 0 Å². The lowest BCUT2D eigenvalue weighted by Gasteiger charge is -2.04. The van der Waals surface area contributed by atoms with Crippen LogP contribution >= 0.6 is 0 Å². The van der Waals surface area contributed by atoms with Crippen LogP contribution in [-0.2, 0) is 0 Å². The highest BCUT2D eigenvalue weighted by molar-refractivity contribution is 5.23. The molecule has 0 heterocycles. The summed E-state index contributed by atoms with van der Waals surface area (Å²) in [6.07, 6.45) is 0. The van der Waals surface area contributed by atoms with Gasteiger partial charge in [0.2, 0.25) is 0 Å². The highest BCUT2D eigenvalue weighted by Crippen LogP contribution is 2.14. The van der Waals surface area contributed by atoms with Gasteiger partial charge in [0.05, 0.1) is 0 Å². The Morgan fingerprint density at radius 2 is 1.83 bits per heavy atom. The van der Waals surface area contributed by atoms with Gasteiger partial charge in [-0.2, -0.15) is 0 Å². The van der Waals surface area contributed by atoms with Gasteiger partial charge in [-0.3, -0.25) is 5.32 Å². The van der Waals surface area contributed by atoms with Gasteiger partial charge in [0.15, 0.2) is 0 Å². The van der Waals surface area contributed by atoms with Crippen LogP contribution in [0.15, 0.2) is 18.2 Å². The van der Waals surface area contributed by atoms with Crippen molar-refractivity contribution >= 4 is 0 Å². The number of ether oxygens (including phenoxy) is 1. The van der Waals surface area contributed by atoms with Crippen LogP contribution in [0.5, 0.6) is 5.75 Å².